The maximum atomic E-state index is 12.6. The lowest BCUT2D eigenvalue weighted by Gasteiger charge is -2.32. The van der Waals surface area contributed by atoms with E-state index in [4.69, 9.17) is 0 Å². The van der Waals surface area contributed by atoms with Crippen LogP contribution in [-0.4, -0.2) is 41.4 Å². The van der Waals surface area contributed by atoms with Gasteiger partial charge in [-0.15, -0.1) is 0 Å². The summed E-state index contributed by atoms with van der Waals surface area (Å²) < 4.78 is 0. The minimum Gasteiger partial charge on any atom is -0.394 e. The number of piperidine rings is 1. The summed E-state index contributed by atoms with van der Waals surface area (Å²) in [5.41, 5.74) is 0.688. The van der Waals surface area contributed by atoms with E-state index in [9.17, 15) is 15.0 Å². The van der Waals surface area contributed by atoms with Crippen molar-refractivity contribution in [2.45, 2.75) is 57.7 Å². The van der Waals surface area contributed by atoms with Crippen LogP contribution in [0.3, 0.4) is 0 Å². The third-order valence-electron chi connectivity index (χ3n) is 5.31. The van der Waals surface area contributed by atoms with Crippen LogP contribution in [0.25, 0.3) is 0 Å². The fourth-order valence-electron chi connectivity index (χ4n) is 3.54. The van der Waals surface area contributed by atoms with Crippen LogP contribution < -0.4 is 10.6 Å². The smallest absolute Gasteiger partial charge is 0.237 e. The monoisotopic (exact) mass is 348 g/mol. The Morgan fingerprint density at radius 1 is 1.36 bits per heavy atom. The Kier molecular flexibility index (Phi) is 7.88. The summed E-state index contributed by atoms with van der Waals surface area (Å²) in [6.45, 7) is 5.00. The summed E-state index contributed by atoms with van der Waals surface area (Å²) in [4.78, 5) is 12.6. The van der Waals surface area contributed by atoms with Gasteiger partial charge < -0.3 is 20.8 Å². The molecule has 0 radical (unpaired) electrons. The number of carbonyl (C=O) groups excluding carboxylic acids is 1. The highest BCUT2D eigenvalue weighted by atomic mass is 16.3. The molecule has 1 aliphatic rings. The molecule has 0 saturated carbocycles. The van der Waals surface area contributed by atoms with Crippen molar-refractivity contribution in [3.05, 3.63) is 35.9 Å². The maximum Gasteiger partial charge on any atom is 0.237 e. The SMILES string of the molecule is CC[C@H](C)C[C@H]1CCN[C@@H](C(=O)N[C@@H](CO)[C@@H](O)c2ccccc2)C1. The molecule has 140 valence electrons. The summed E-state index contributed by atoms with van der Waals surface area (Å²) in [6.07, 6.45) is 3.31. The lowest BCUT2D eigenvalue weighted by atomic mass is 9.84. The van der Waals surface area contributed by atoms with Gasteiger partial charge in [0.2, 0.25) is 5.91 Å². The molecule has 0 spiro atoms. The van der Waals surface area contributed by atoms with Gasteiger partial charge in [0.15, 0.2) is 0 Å². The number of nitrogens with one attached hydrogen (secondary N) is 2. The van der Waals surface area contributed by atoms with Crippen molar-refractivity contribution in [2.75, 3.05) is 13.2 Å². The van der Waals surface area contributed by atoms with Crippen LogP contribution in [0.15, 0.2) is 30.3 Å². The van der Waals surface area contributed by atoms with Crippen molar-refractivity contribution < 1.29 is 15.0 Å². The van der Waals surface area contributed by atoms with Crippen LogP contribution in [0.1, 0.15) is 51.2 Å². The van der Waals surface area contributed by atoms with Gasteiger partial charge in [0.25, 0.3) is 0 Å². The number of benzene rings is 1. The molecule has 1 heterocycles. The van der Waals surface area contributed by atoms with Crippen LogP contribution >= 0.6 is 0 Å². The average Bonchev–Trinajstić information content (AvgIpc) is 2.66. The highest BCUT2D eigenvalue weighted by molar-refractivity contribution is 5.82. The molecule has 2 rings (SSSR count). The first-order valence-corrected chi connectivity index (χ1v) is 9.42. The van der Waals surface area contributed by atoms with Crippen molar-refractivity contribution in [1.29, 1.82) is 0 Å². The molecule has 1 aromatic carbocycles. The maximum absolute atomic E-state index is 12.6. The number of hydrogen-bond acceptors (Lipinski definition) is 4. The van der Waals surface area contributed by atoms with Gasteiger partial charge in [-0.3, -0.25) is 4.79 Å². The third kappa shape index (κ3) is 5.80. The Bertz CT molecular complexity index is 523. The highest BCUT2D eigenvalue weighted by Gasteiger charge is 2.30. The molecular formula is C20H32N2O3. The standard InChI is InChI=1S/C20H32N2O3/c1-3-14(2)11-15-9-10-21-17(12-15)20(25)22-18(13-23)19(24)16-7-5-4-6-8-16/h4-8,14-15,17-19,21,23-24H,3,9-13H2,1-2H3,(H,22,25)/t14-,15+,17+,18-,19-/m0/s1. The molecule has 1 saturated heterocycles. The van der Waals surface area contributed by atoms with Crippen LogP contribution in [0, 0.1) is 11.8 Å². The quantitative estimate of drug-likeness (QED) is 0.579. The lowest BCUT2D eigenvalue weighted by Crippen LogP contribution is -2.53. The fourth-order valence-corrected chi connectivity index (χ4v) is 3.54. The van der Waals surface area contributed by atoms with E-state index >= 15 is 0 Å². The zero-order valence-electron chi connectivity index (χ0n) is 15.3. The lowest BCUT2D eigenvalue weighted by molar-refractivity contribution is -0.126. The van der Waals surface area contributed by atoms with Gasteiger partial charge in [-0.25, -0.2) is 0 Å². The number of hydrogen-bond donors (Lipinski definition) is 4. The molecule has 5 nitrogen and oxygen atoms in total. The Labute approximate surface area is 150 Å². The van der Waals surface area contributed by atoms with Crippen molar-refractivity contribution in [2.24, 2.45) is 11.8 Å². The van der Waals surface area contributed by atoms with Gasteiger partial charge in [-0.2, -0.15) is 0 Å². The average molecular weight is 348 g/mol. The van der Waals surface area contributed by atoms with Gasteiger partial charge in [0.1, 0.15) is 6.10 Å². The summed E-state index contributed by atoms with van der Waals surface area (Å²) in [6, 6.07) is 8.16. The molecular weight excluding hydrogens is 316 g/mol. The van der Waals surface area contributed by atoms with Crippen LogP contribution in [0.2, 0.25) is 0 Å². The predicted octanol–water partition coefficient (Wildman–Crippen LogP) is 2.00. The van der Waals surface area contributed by atoms with E-state index in [1.165, 1.54) is 0 Å². The van der Waals surface area contributed by atoms with Gasteiger partial charge in [0, 0.05) is 0 Å². The fraction of sp³-hybridized carbons (Fsp3) is 0.650. The first kappa shape index (κ1) is 19.9. The van der Waals surface area contributed by atoms with Gasteiger partial charge in [-0.1, -0.05) is 50.6 Å². The minimum absolute atomic E-state index is 0.136. The van der Waals surface area contributed by atoms with Crippen molar-refractivity contribution in [1.82, 2.24) is 10.6 Å². The largest absolute Gasteiger partial charge is 0.394 e. The zero-order chi connectivity index (χ0) is 18.2. The van der Waals surface area contributed by atoms with Crippen molar-refractivity contribution >= 4 is 5.91 Å². The third-order valence-corrected chi connectivity index (χ3v) is 5.31. The molecule has 0 bridgehead atoms. The molecule has 5 atom stereocenters. The first-order valence-electron chi connectivity index (χ1n) is 9.42. The molecule has 1 fully saturated rings. The molecule has 0 aromatic heterocycles. The molecule has 1 aromatic rings. The number of amides is 1. The van der Waals surface area contributed by atoms with Gasteiger partial charge >= 0.3 is 0 Å². The second kappa shape index (κ2) is 9.90. The van der Waals surface area contributed by atoms with E-state index in [1.54, 1.807) is 12.1 Å². The van der Waals surface area contributed by atoms with Crippen molar-refractivity contribution in [3.63, 3.8) is 0 Å². The second-order valence-corrected chi connectivity index (χ2v) is 7.30. The zero-order valence-corrected chi connectivity index (χ0v) is 15.3. The number of aliphatic hydroxyl groups excluding tert-OH is 2. The molecule has 25 heavy (non-hydrogen) atoms. The Morgan fingerprint density at radius 3 is 2.72 bits per heavy atom. The topological polar surface area (TPSA) is 81.6 Å². The van der Waals surface area contributed by atoms with E-state index in [2.05, 4.69) is 24.5 Å². The summed E-state index contributed by atoms with van der Waals surface area (Å²) in [5, 5.41) is 26.1. The number of aliphatic hydroxyl groups is 2. The summed E-state index contributed by atoms with van der Waals surface area (Å²) in [5.74, 6) is 1.10. The Hall–Kier alpha value is -1.43. The van der Waals surface area contributed by atoms with E-state index in [0.29, 0.717) is 17.4 Å². The van der Waals surface area contributed by atoms with E-state index in [0.717, 1.165) is 32.2 Å². The highest BCUT2D eigenvalue weighted by Crippen LogP contribution is 2.25. The molecule has 5 heteroatoms. The number of carbonyl (C=O) groups is 1. The van der Waals surface area contributed by atoms with Crippen LogP contribution in [0.4, 0.5) is 0 Å². The van der Waals surface area contributed by atoms with E-state index in [1.807, 2.05) is 18.2 Å². The molecule has 1 amide bonds. The molecule has 4 N–H and O–H groups in total. The minimum atomic E-state index is -0.922. The summed E-state index contributed by atoms with van der Waals surface area (Å²) in [7, 11) is 0. The Balaban J connectivity index is 1.92. The molecule has 1 aliphatic heterocycles. The first-order chi connectivity index (χ1) is 12.0. The predicted molar refractivity (Wildman–Crippen MR) is 99.0 cm³/mol. The normalized spacial score (nSPS) is 24.3. The van der Waals surface area contributed by atoms with E-state index in [-0.39, 0.29) is 18.6 Å². The van der Waals surface area contributed by atoms with Gasteiger partial charge in [-0.05, 0) is 43.2 Å². The number of rotatable bonds is 8. The van der Waals surface area contributed by atoms with Crippen molar-refractivity contribution in [3.8, 4) is 0 Å². The molecule has 0 unspecified atom stereocenters. The van der Waals surface area contributed by atoms with Crippen LogP contribution in [-0.2, 0) is 4.79 Å². The Morgan fingerprint density at radius 2 is 2.08 bits per heavy atom. The summed E-state index contributed by atoms with van der Waals surface area (Å²) >= 11 is 0. The van der Waals surface area contributed by atoms with Gasteiger partial charge in [0.05, 0.1) is 18.7 Å². The van der Waals surface area contributed by atoms with E-state index < -0.39 is 12.1 Å². The van der Waals surface area contributed by atoms with Crippen LogP contribution in [0.5, 0.6) is 0 Å². The molecule has 0 aliphatic carbocycles. The second-order valence-electron chi connectivity index (χ2n) is 7.30.